The molecule has 0 unspecified atom stereocenters. The number of alkyl halides is 3. The monoisotopic (exact) mass is 586 g/mol. The number of anilines is 1. The molecule has 0 spiro atoms. The van der Waals surface area contributed by atoms with Crippen molar-refractivity contribution >= 4 is 33.2 Å². The van der Waals surface area contributed by atoms with Crippen molar-refractivity contribution < 1.29 is 39.9 Å². The predicted octanol–water partition coefficient (Wildman–Crippen LogP) is 5.95. The summed E-state index contributed by atoms with van der Waals surface area (Å²) in [6.45, 7) is 2.95. The molecule has 1 aliphatic heterocycles. The third-order valence-electron chi connectivity index (χ3n) is 5.80. The van der Waals surface area contributed by atoms with Gasteiger partial charge in [-0.3, -0.25) is 9.10 Å². The van der Waals surface area contributed by atoms with E-state index >= 15 is 0 Å². The van der Waals surface area contributed by atoms with Crippen LogP contribution in [-0.4, -0.2) is 33.5 Å². The molecule has 0 saturated carbocycles. The molecule has 1 heterocycles. The topological polar surface area (TPSA) is 75.7 Å². The smallest absolute Gasteiger partial charge is 0.416 e. The van der Waals surface area contributed by atoms with Crippen LogP contribution in [0, 0.1) is 11.6 Å². The number of hydrogen-bond donors (Lipinski definition) is 1. The summed E-state index contributed by atoms with van der Waals surface area (Å²) in [5.41, 5.74) is -1.21. The number of nitrogens with one attached hydrogen (secondary N) is 1. The summed E-state index contributed by atoms with van der Waals surface area (Å²) in [6.07, 6.45) is -4.34. The minimum atomic E-state index is -4.79. The zero-order valence-corrected chi connectivity index (χ0v) is 21.5. The summed E-state index contributed by atoms with van der Waals surface area (Å²) in [4.78, 5) is 11.3. The summed E-state index contributed by atoms with van der Waals surface area (Å²) in [5, 5.41) is 2.16. The second-order valence-corrected chi connectivity index (χ2v) is 10.8. The van der Waals surface area contributed by atoms with Gasteiger partial charge in [0, 0.05) is 18.1 Å². The van der Waals surface area contributed by atoms with Crippen LogP contribution in [-0.2, 0) is 21.0 Å². The second kappa shape index (κ2) is 10.9. The highest BCUT2D eigenvalue weighted by Gasteiger charge is 2.37. The van der Waals surface area contributed by atoms with Crippen LogP contribution in [0.2, 0.25) is 5.02 Å². The average molecular weight is 587 g/mol. The molecule has 1 aliphatic rings. The maximum absolute atomic E-state index is 14.1. The maximum atomic E-state index is 14.1. The predicted molar refractivity (Wildman–Crippen MR) is 135 cm³/mol. The van der Waals surface area contributed by atoms with Gasteiger partial charge < -0.3 is 10.1 Å². The van der Waals surface area contributed by atoms with E-state index in [1.54, 1.807) is 0 Å². The summed E-state index contributed by atoms with van der Waals surface area (Å²) in [6, 6.07) is 8.77. The van der Waals surface area contributed by atoms with Crippen LogP contribution >= 0.6 is 11.6 Å². The Kier molecular flexibility index (Phi) is 7.89. The van der Waals surface area contributed by atoms with Crippen LogP contribution < -0.4 is 14.4 Å². The molecule has 0 aliphatic carbocycles. The zero-order valence-electron chi connectivity index (χ0n) is 19.9. The Morgan fingerprint density at radius 2 is 1.90 bits per heavy atom. The SMILES string of the molecule is C=CCC(=O)NC[C@H]1CN(S(=O)(=O)c2cccc(C(F)(F)F)c2)c2cc(-c3cc(F)cc(F)c3Cl)ccc2O1. The first-order chi connectivity index (χ1) is 18.3. The Bertz CT molecular complexity index is 1550. The van der Waals surface area contributed by atoms with Crippen molar-refractivity contribution in [3.63, 3.8) is 0 Å². The second-order valence-electron chi connectivity index (χ2n) is 8.53. The van der Waals surface area contributed by atoms with Crippen molar-refractivity contribution in [1.29, 1.82) is 0 Å². The number of fused-ring (bicyclic) bond motifs is 1. The quantitative estimate of drug-likeness (QED) is 0.211. The largest absolute Gasteiger partial charge is 0.484 e. The molecule has 1 atom stereocenters. The molecule has 0 fully saturated rings. The number of benzene rings is 3. The third kappa shape index (κ3) is 6.01. The molecule has 0 radical (unpaired) electrons. The third-order valence-corrected chi connectivity index (χ3v) is 7.96. The molecule has 6 nitrogen and oxygen atoms in total. The summed E-state index contributed by atoms with van der Waals surface area (Å²) in [7, 11) is -4.62. The van der Waals surface area contributed by atoms with Gasteiger partial charge in [0.1, 0.15) is 23.5 Å². The molecule has 0 saturated heterocycles. The normalized spacial score (nSPS) is 15.3. The Morgan fingerprint density at radius 3 is 2.59 bits per heavy atom. The maximum Gasteiger partial charge on any atom is 0.416 e. The van der Waals surface area contributed by atoms with Crippen molar-refractivity contribution in [3.05, 3.63) is 89.5 Å². The van der Waals surface area contributed by atoms with Gasteiger partial charge >= 0.3 is 6.18 Å². The minimum Gasteiger partial charge on any atom is -0.484 e. The van der Waals surface area contributed by atoms with Crippen LogP contribution in [0.1, 0.15) is 12.0 Å². The van der Waals surface area contributed by atoms with Gasteiger partial charge in [-0.1, -0.05) is 29.8 Å². The van der Waals surface area contributed by atoms with Crippen molar-refractivity contribution in [1.82, 2.24) is 5.32 Å². The fourth-order valence-corrected chi connectivity index (χ4v) is 5.73. The Balaban J connectivity index is 1.81. The molecule has 13 heteroatoms. The van der Waals surface area contributed by atoms with Crippen LogP contribution in [0.4, 0.5) is 27.6 Å². The van der Waals surface area contributed by atoms with E-state index in [1.165, 1.54) is 24.3 Å². The number of hydrogen-bond acceptors (Lipinski definition) is 4. The lowest BCUT2D eigenvalue weighted by atomic mass is 10.0. The van der Waals surface area contributed by atoms with E-state index in [2.05, 4.69) is 11.9 Å². The first-order valence-electron chi connectivity index (χ1n) is 11.3. The van der Waals surface area contributed by atoms with E-state index in [4.69, 9.17) is 16.3 Å². The molecule has 0 bridgehead atoms. The summed E-state index contributed by atoms with van der Waals surface area (Å²) < 4.78 is 102. The van der Waals surface area contributed by atoms with E-state index in [1.807, 2.05) is 0 Å². The van der Waals surface area contributed by atoms with Gasteiger partial charge in [0.2, 0.25) is 5.91 Å². The Hall–Kier alpha value is -3.64. The van der Waals surface area contributed by atoms with Crippen molar-refractivity contribution in [2.45, 2.75) is 23.6 Å². The van der Waals surface area contributed by atoms with Crippen molar-refractivity contribution in [3.8, 4) is 16.9 Å². The molecule has 0 aromatic heterocycles. The van der Waals surface area contributed by atoms with Crippen LogP contribution in [0.5, 0.6) is 5.75 Å². The first kappa shape index (κ1) is 28.4. The fourth-order valence-electron chi connectivity index (χ4n) is 3.97. The number of rotatable bonds is 7. The van der Waals surface area contributed by atoms with Gasteiger partial charge in [-0.15, -0.1) is 6.58 Å². The molecule has 4 rings (SSSR count). The number of nitrogens with zero attached hydrogens (tertiary/aromatic N) is 1. The van der Waals surface area contributed by atoms with Crippen molar-refractivity contribution in [2.75, 3.05) is 17.4 Å². The highest BCUT2D eigenvalue weighted by Crippen LogP contribution is 2.42. The molecule has 3 aromatic rings. The Labute approximate surface area is 225 Å². The Morgan fingerprint density at radius 1 is 1.15 bits per heavy atom. The van der Waals surface area contributed by atoms with E-state index in [0.717, 1.165) is 28.6 Å². The number of carbonyl (C=O) groups is 1. The molecule has 206 valence electrons. The lowest BCUT2D eigenvalue weighted by Gasteiger charge is -2.36. The number of ether oxygens (including phenoxy) is 1. The zero-order chi connectivity index (χ0) is 28.5. The lowest BCUT2D eigenvalue weighted by molar-refractivity contribution is -0.137. The van der Waals surface area contributed by atoms with Gasteiger partial charge in [0.05, 0.1) is 34.3 Å². The lowest BCUT2D eigenvalue weighted by Crippen LogP contribution is -2.48. The fraction of sp³-hybridized carbons (Fsp3) is 0.192. The molecule has 1 amide bonds. The summed E-state index contributed by atoms with van der Waals surface area (Å²) in [5.74, 6) is -2.35. The first-order valence-corrected chi connectivity index (χ1v) is 13.2. The summed E-state index contributed by atoms with van der Waals surface area (Å²) >= 11 is 6.03. The molecule has 1 N–H and O–H groups in total. The standard InChI is InChI=1S/C26H20ClF5N2O4S/c1-2-4-24(35)33-13-18-14-34(39(36,37)19-6-3-5-16(10-19)26(30,31)32)22-9-15(7-8-23(22)38-18)20-11-17(28)12-21(29)25(20)27/h2-3,5-12,18H,1,4,13-14H2,(H,33,35)/t18-/m0/s1. The van der Waals surface area contributed by atoms with Gasteiger partial charge in [-0.2, -0.15) is 13.2 Å². The molecular formula is C26H20ClF5N2O4S. The van der Waals surface area contributed by atoms with Gasteiger partial charge in [-0.05, 0) is 42.0 Å². The van der Waals surface area contributed by atoms with Gasteiger partial charge in [0.25, 0.3) is 10.0 Å². The van der Waals surface area contributed by atoms with Gasteiger partial charge in [-0.25, -0.2) is 17.2 Å². The van der Waals surface area contributed by atoms with E-state index in [0.29, 0.717) is 12.1 Å². The minimum absolute atomic E-state index is 0.00384. The number of amides is 1. The van der Waals surface area contributed by atoms with E-state index in [-0.39, 0.29) is 35.5 Å². The highest BCUT2D eigenvalue weighted by atomic mass is 35.5. The van der Waals surface area contributed by atoms with Gasteiger partial charge in [0.15, 0.2) is 0 Å². The number of halogens is 6. The van der Waals surface area contributed by atoms with E-state index in [9.17, 15) is 35.2 Å². The number of sulfonamides is 1. The highest BCUT2D eigenvalue weighted by molar-refractivity contribution is 7.92. The van der Waals surface area contributed by atoms with Crippen LogP contribution in [0.25, 0.3) is 11.1 Å². The molecule has 3 aromatic carbocycles. The van der Waals surface area contributed by atoms with Crippen LogP contribution in [0.3, 0.4) is 0 Å². The number of carbonyl (C=O) groups excluding carboxylic acids is 1. The van der Waals surface area contributed by atoms with Crippen molar-refractivity contribution in [2.24, 2.45) is 0 Å². The van der Waals surface area contributed by atoms with Crippen LogP contribution in [0.15, 0.2) is 72.1 Å². The molecule has 39 heavy (non-hydrogen) atoms. The van der Waals surface area contributed by atoms with E-state index < -0.39 is 61.9 Å². The average Bonchev–Trinajstić information content (AvgIpc) is 2.88. The molecular weight excluding hydrogens is 567 g/mol.